The molecule has 2 heterocycles. The second kappa shape index (κ2) is 10.3. The minimum absolute atomic E-state index is 0.135. The lowest BCUT2D eigenvalue weighted by Gasteiger charge is -2.22. The molecule has 3 aromatic carbocycles. The van der Waals surface area contributed by atoms with Crippen molar-refractivity contribution in [1.82, 2.24) is 15.1 Å². The average molecular weight is 522 g/mol. The van der Waals surface area contributed by atoms with Gasteiger partial charge in [0.1, 0.15) is 0 Å². The van der Waals surface area contributed by atoms with Crippen molar-refractivity contribution in [2.45, 2.75) is 12.5 Å². The van der Waals surface area contributed by atoms with Crippen molar-refractivity contribution < 1.29 is 23.0 Å². The number of amides is 1. The molecule has 0 bridgehead atoms. The lowest BCUT2D eigenvalue weighted by Crippen LogP contribution is -2.31. The van der Waals surface area contributed by atoms with Crippen molar-refractivity contribution in [2.24, 2.45) is 0 Å². The third kappa shape index (κ3) is 4.63. The zero-order valence-electron chi connectivity index (χ0n) is 21.6. The molecule has 5 rings (SSSR count). The Morgan fingerprint density at radius 1 is 1.05 bits per heavy atom. The van der Waals surface area contributed by atoms with E-state index >= 15 is 0 Å². The number of methoxy groups -OCH3 is 2. The fraction of sp³-hybridized carbons (Fsp3) is 0.286. The number of halogens is 2. The summed E-state index contributed by atoms with van der Waals surface area (Å²) < 4.78 is 40.0. The summed E-state index contributed by atoms with van der Waals surface area (Å²) in [6.07, 6.45) is 1.10. The van der Waals surface area contributed by atoms with Gasteiger partial charge >= 0.3 is 0 Å². The minimum atomic E-state index is -0.840. The van der Waals surface area contributed by atoms with Gasteiger partial charge < -0.3 is 24.6 Å². The molecule has 1 fully saturated rings. The van der Waals surface area contributed by atoms with Crippen LogP contribution in [-0.2, 0) is 0 Å². The van der Waals surface area contributed by atoms with E-state index in [0.29, 0.717) is 28.3 Å². The van der Waals surface area contributed by atoms with E-state index in [2.05, 4.69) is 39.4 Å². The van der Waals surface area contributed by atoms with Crippen molar-refractivity contribution in [2.75, 3.05) is 51.6 Å². The number of anilines is 2. The van der Waals surface area contributed by atoms with Crippen LogP contribution in [-0.4, -0.2) is 68.5 Å². The number of fused-ring (bicyclic) bond motifs is 1. The van der Waals surface area contributed by atoms with Gasteiger partial charge in [-0.2, -0.15) is 5.10 Å². The van der Waals surface area contributed by atoms with Crippen molar-refractivity contribution in [3.05, 3.63) is 65.7 Å². The molecule has 1 aliphatic heterocycles. The quantitative estimate of drug-likeness (QED) is 0.359. The highest BCUT2D eigenvalue weighted by atomic mass is 19.1. The van der Waals surface area contributed by atoms with Gasteiger partial charge in [-0.1, -0.05) is 6.07 Å². The number of benzene rings is 3. The van der Waals surface area contributed by atoms with Crippen LogP contribution in [0.4, 0.5) is 20.3 Å². The fourth-order valence-corrected chi connectivity index (χ4v) is 4.81. The number of aromatic nitrogens is 2. The van der Waals surface area contributed by atoms with Crippen molar-refractivity contribution in [3.63, 3.8) is 0 Å². The number of nitrogens with zero attached hydrogens (tertiary/aromatic N) is 3. The van der Waals surface area contributed by atoms with Crippen LogP contribution in [0.25, 0.3) is 22.0 Å². The molecule has 1 saturated heterocycles. The van der Waals surface area contributed by atoms with Crippen molar-refractivity contribution in [1.29, 1.82) is 0 Å². The molecule has 198 valence electrons. The summed E-state index contributed by atoms with van der Waals surface area (Å²) in [5.74, 6) is -1.94. The molecule has 1 aromatic heterocycles. The molecular weight excluding hydrogens is 492 g/mol. The number of nitrogens with one attached hydrogen (secondary N) is 2. The molecule has 4 aromatic rings. The Hall–Kier alpha value is -4.18. The minimum Gasteiger partial charge on any atom is -0.494 e. The van der Waals surface area contributed by atoms with Gasteiger partial charge in [0.05, 0.1) is 25.3 Å². The number of rotatable bonds is 7. The van der Waals surface area contributed by atoms with Gasteiger partial charge in [0.2, 0.25) is 0 Å². The van der Waals surface area contributed by atoms with Gasteiger partial charge in [-0.3, -0.25) is 9.89 Å². The van der Waals surface area contributed by atoms with Crippen LogP contribution in [0.5, 0.6) is 11.5 Å². The number of carbonyl (C=O) groups excluding carboxylic acids is 1. The Morgan fingerprint density at radius 2 is 1.74 bits per heavy atom. The summed E-state index contributed by atoms with van der Waals surface area (Å²) in [5.41, 5.74) is 2.06. The van der Waals surface area contributed by atoms with Crippen LogP contribution >= 0.6 is 0 Å². The second-order valence-corrected chi connectivity index (χ2v) is 9.47. The maximum atomic E-state index is 15.0. The maximum absolute atomic E-state index is 15.0. The summed E-state index contributed by atoms with van der Waals surface area (Å²) in [6, 6.07) is 13.9. The lowest BCUT2D eigenvalue weighted by molar-refractivity contribution is 0.102. The van der Waals surface area contributed by atoms with Gasteiger partial charge in [-0.05, 0) is 62.5 Å². The van der Waals surface area contributed by atoms with Gasteiger partial charge in [-0.25, -0.2) is 8.78 Å². The Kier molecular flexibility index (Phi) is 6.90. The maximum Gasteiger partial charge on any atom is 0.256 e. The third-order valence-corrected chi connectivity index (χ3v) is 7.05. The summed E-state index contributed by atoms with van der Waals surface area (Å²) in [7, 11) is 6.78. The number of H-pyrrole nitrogens is 1. The topological polar surface area (TPSA) is 82.7 Å². The lowest BCUT2D eigenvalue weighted by atomic mass is 10.0. The van der Waals surface area contributed by atoms with E-state index in [-0.39, 0.29) is 28.5 Å². The Morgan fingerprint density at radius 3 is 2.34 bits per heavy atom. The van der Waals surface area contributed by atoms with E-state index < -0.39 is 11.6 Å². The molecule has 0 aliphatic carbocycles. The van der Waals surface area contributed by atoms with E-state index in [0.717, 1.165) is 31.3 Å². The van der Waals surface area contributed by atoms with E-state index in [1.54, 1.807) is 30.3 Å². The van der Waals surface area contributed by atoms with Gasteiger partial charge in [0.25, 0.3) is 5.91 Å². The van der Waals surface area contributed by atoms with E-state index in [4.69, 9.17) is 9.47 Å². The van der Waals surface area contributed by atoms with E-state index in [1.165, 1.54) is 14.2 Å². The molecule has 8 nitrogen and oxygen atoms in total. The SMILES string of the molecule is COc1cc(OC)c(F)c(-c2ccc3c(NC(=O)c4ccc(N5CCC(N(C)C)C5)cc4)n[nH]c3c2)c1F. The summed E-state index contributed by atoms with van der Waals surface area (Å²) >= 11 is 0. The van der Waals surface area contributed by atoms with Crippen LogP contribution in [0, 0.1) is 11.6 Å². The van der Waals surface area contributed by atoms with Crippen LogP contribution in [0.2, 0.25) is 0 Å². The molecule has 0 spiro atoms. The highest BCUT2D eigenvalue weighted by molar-refractivity contribution is 6.08. The molecule has 0 saturated carbocycles. The predicted molar refractivity (Wildman–Crippen MR) is 143 cm³/mol. The largest absolute Gasteiger partial charge is 0.494 e. The molecule has 1 amide bonds. The molecule has 2 N–H and O–H groups in total. The standard InChI is InChI=1S/C28H29F2N5O3/c1-34(2)19-11-12-35(15-19)18-8-5-16(6-9-18)28(36)31-27-20-10-7-17(13-21(20)32-33-27)24-25(29)22(37-3)14-23(38-4)26(24)30/h5-10,13-14,19H,11-12,15H2,1-4H3,(H2,31,32,33,36). The van der Waals surface area contributed by atoms with E-state index in [9.17, 15) is 13.6 Å². The monoisotopic (exact) mass is 521 g/mol. The molecule has 1 atom stereocenters. The fourth-order valence-electron chi connectivity index (χ4n) is 4.81. The predicted octanol–water partition coefficient (Wildman–Crippen LogP) is 4.92. The summed E-state index contributed by atoms with van der Waals surface area (Å²) in [5, 5.41) is 10.5. The van der Waals surface area contributed by atoms with Crippen LogP contribution < -0.4 is 19.7 Å². The van der Waals surface area contributed by atoms with Crippen LogP contribution in [0.1, 0.15) is 16.8 Å². The van der Waals surface area contributed by atoms with Crippen LogP contribution in [0.15, 0.2) is 48.5 Å². The third-order valence-electron chi connectivity index (χ3n) is 7.05. The second-order valence-electron chi connectivity index (χ2n) is 9.47. The number of carbonyl (C=O) groups is 1. The molecule has 0 radical (unpaired) electrons. The first-order valence-corrected chi connectivity index (χ1v) is 12.2. The molecule has 10 heteroatoms. The van der Waals surface area contributed by atoms with Crippen molar-refractivity contribution >= 4 is 28.3 Å². The number of hydrogen-bond acceptors (Lipinski definition) is 6. The number of aromatic amines is 1. The first-order valence-electron chi connectivity index (χ1n) is 12.2. The van der Waals surface area contributed by atoms with Gasteiger partial charge in [0.15, 0.2) is 29.0 Å². The Labute approximate surface area is 219 Å². The zero-order chi connectivity index (χ0) is 27.0. The van der Waals surface area contributed by atoms with E-state index in [1.807, 2.05) is 12.1 Å². The molecule has 38 heavy (non-hydrogen) atoms. The number of hydrogen-bond donors (Lipinski definition) is 2. The Balaban J connectivity index is 1.36. The molecular formula is C28H29F2N5O3. The highest BCUT2D eigenvalue weighted by Gasteiger charge is 2.25. The van der Waals surface area contributed by atoms with Crippen molar-refractivity contribution in [3.8, 4) is 22.6 Å². The summed E-state index contributed by atoms with van der Waals surface area (Å²) in [4.78, 5) is 17.5. The highest BCUT2D eigenvalue weighted by Crippen LogP contribution is 2.38. The average Bonchev–Trinajstić information content (AvgIpc) is 3.57. The van der Waals surface area contributed by atoms with Gasteiger partial charge in [0, 0.05) is 41.8 Å². The zero-order valence-corrected chi connectivity index (χ0v) is 21.6. The van der Waals surface area contributed by atoms with Gasteiger partial charge in [-0.15, -0.1) is 0 Å². The first kappa shape index (κ1) is 25.5. The summed E-state index contributed by atoms with van der Waals surface area (Å²) in [6.45, 7) is 1.93. The Bertz CT molecular complexity index is 1460. The number of likely N-dealkylation sites (N-methyl/N-ethyl adjacent to an activating group) is 1. The first-order chi connectivity index (χ1) is 18.3. The molecule has 1 aliphatic rings. The number of ether oxygens (including phenoxy) is 2. The normalized spacial score (nSPS) is 15.3. The smallest absolute Gasteiger partial charge is 0.256 e. The molecule has 1 unspecified atom stereocenters. The van der Waals surface area contributed by atoms with Crippen LogP contribution in [0.3, 0.4) is 0 Å².